The van der Waals surface area contributed by atoms with Crippen molar-refractivity contribution < 1.29 is 0 Å². The van der Waals surface area contributed by atoms with Gasteiger partial charge in [0, 0.05) is 19.1 Å². The van der Waals surface area contributed by atoms with Crippen molar-refractivity contribution in [3.63, 3.8) is 0 Å². The van der Waals surface area contributed by atoms with E-state index in [0.29, 0.717) is 5.92 Å². The van der Waals surface area contributed by atoms with Crippen molar-refractivity contribution in [3.05, 3.63) is 17.8 Å². The quantitative estimate of drug-likeness (QED) is 0.851. The van der Waals surface area contributed by atoms with Gasteiger partial charge in [-0.15, -0.1) is 5.10 Å². The standard InChI is InChI=1S/C13H24N4/c1-10(2)11-6-7-12(16-15-11)17(5)9-8-13(3,4)14/h6-7,10H,8-9,14H2,1-5H3. The van der Waals surface area contributed by atoms with Gasteiger partial charge in [-0.2, -0.15) is 5.10 Å². The predicted molar refractivity (Wildman–Crippen MR) is 72.3 cm³/mol. The lowest BCUT2D eigenvalue weighted by Crippen LogP contribution is -2.36. The third kappa shape index (κ3) is 4.69. The van der Waals surface area contributed by atoms with Gasteiger partial charge in [0.25, 0.3) is 0 Å². The summed E-state index contributed by atoms with van der Waals surface area (Å²) in [5.74, 6) is 1.32. The van der Waals surface area contributed by atoms with Gasteiger partial charge in [0.1, 0.15) is 0 Å². The van der Waals surface area contributed by atoms with E-state index in [-0.39, 0.29) is 5.54 Å². The summed E-state index contributed by atoms with van der Waals surface area (Å²) in [5.41, 5.74) is 6.85. The van der Waals surface area contributed by atoms with E-state index in [2.05, 4.69) is 28.9 Å². The zero-order valence-electron chi connectivity index (χ0n) is 11.6. The molecule has 0 saturated heterocycles. The third-order valence-corrected chi connectivity index (χ3v) is 2.75. The van der Waals surface area contributed by atoms with Crippen LogP contribution in [0.25, 0.3) is 0 Å². The lowest BCUT2D eigenvalue weighted by atomic mass is 10.0. The second-order valence-electron chi connectivity index (χ2n) is 5.63. The lowest BCUT2D eigenvalue weighted by Gasteiger charge is -2.24. The molecule has 0 spiro atoms. The van der Waals surface area contributed by atoms with Gasteiger partial charge in [-0.3, -0.25) is 0 Å². The van der Waals surface area contributed by atoms with Crippen molar-refractivity contribution in [2.75, 3.05) is 18.5 Å². The number of hydrogen-bond donors (Lipinski definition) is 1. The minimum absolute atomic E-state index is 0.139. The first-order valence-corrected chi connectivity index (χ1v) is 6.13. The number of anilines is 1. The van der Waals surface area contributed by atoms with Crippen LogP contribution >= 0.6 is 0 Å². The molecule has 0 saturated carbocycles. The summed E-state index contributed by atoms with van der Waals surface area (Å²) in [6.07, 6.45) is 0.928. The average Bonchev–Trinajstić information content (AvgIpc) is 2.25. The molecule has 0 aliphatic heterocycles. The van der Waals surface area contributed by atoms with Crippen LogP contribution in [0.2, 0.25) is 0 Å². The Balaban J connectivity index is 2.60. The van der Waals surface area contributed by atoms with Crippen LogP contribution in [0.5, 0.6) is 0 Å². The second kappa shape index (κ2) is 5.45. The van der Waals surface area contributed by atoms with Crippen molar-refractivity contribution >= 4 is 5.82 Å². The van der Waals surface area contributed by atoms with Crippen molar-refractivity contribution in [2.24, 2.45) is 5.73 Å². The van der Waals surface area contributed by atoms with E-state index in [1.807, 2.05) is 33.0 Å². The topological polar surface area (TPSA) is 55.0 Å². The summed E-state index contributed by atoms with van der Waals surface area (Å²) < 4.78 is 0. The van der Waals surface area contributed by atoms with E-state index in [0.717, 1.165) is 24.5 Å². The van der Waals surface area contributed by atoms with Gasteiger partial charge in [-0.25, -0.2) is 0 Å². The molecule has 0 fully saturated rings. The molecular weight excluding hydrogens is 212 g/mol. The van der Waals surface area contributed by atoms with Crippen molar-refractivity contribution in [2.45, 2.75) is 45.6 Å². The van der Waals surface area contributed by atoms with Gasteiger partial charge in [0.05, 0.1) is 5.69 Å². The Kier molecular flexibility index (Phi) is 4.46. The van der Waals surface area contributed by atoms with Gasteiger partial charge in [-0.05, 0) is 38.3 Å². The SMILES string of the molecule is CC(C)c1ccc(N(C)CCC(C)(C)N)nn1. The van der Waals surface area contributed by atoms with Crippen molar-refractivity contribution in [3.8, 4) is 0 Å². The van der Waals surface area contributed by atoms with E-state index < -0.39 is 0 Å². The Morgan fingerprint density at radius 3 is 2.35 bits per heavy atom. The van der Waals surface area contributed by atoms with Crippen LogP contribution in [0.15, 0.2) is 12.1 Å². The molecule has 0 aliphatic carbocycles. The smallest absolute Gasteiger partial charge is 0.150 e. The molecule has 0 amide bonds. The molecule has 0 unspecified atom stereocenters. The van der Waals surface area contributed by atoms with Gasteiger partial charge in [-0.1, -0.05) is 13.8 Å². The highest BCUT2D eigenvalue weighted by atomic mass is 15.2. The number of aromatic nitrogens is 2. The lowest BCUT2D eigenvalue weighted by molar-refractivity contribution is 0.478. The van der Waals surface area contributed by atoms with E-state index >= 15 is 0 Å². The summed E-state index contributed by atoms with van der Waals surface area (Å²) in [7, 11) is 2.02. The highest BCUT2D eigenvalue weighted by molar-refractivity contribution is 5.36. The molecule has 0 aliphatic rings. The molecule has 0 radical (unpaired) electrons. The molecule has 0 bridgehead atoms. The minimum atomic E-state index is -0.139. The summed E-state index contributed by atoms with van der Waals surface area (Å²) in [4.78, 5) is 2.09. The highest BCUT2D eigenvalue weighted by Gasteiger charge is 2.13. The van der Waals surface area contributed by atoms with E-state index in [1.54, 1.807) is 0 Å². The maximum atomic E-state index is 5.96. The first-order valence-electron chi connectivity index (χ1n) is 6.13. The molecule has 1 heterocycles. The molecule has 0 aromatic carbocycles. The maximum Gasteiger partial charge on any atom is 0.150 e. The van der Waals surface area contributed by atoms with Gasteiger partial charge >= 0.3 is 0 Å². The van der Waals surface area contributed by atoms with Crippen molar-refractivity contribution in [1.29, 1.82) is 0 Å². The van der Waals surface area contributed by atoms with E-state index in [4.69, 9.17) is 5.73 Å². The third-order valence-electron chi connectivity index (χ3n) is 2.75. The van der Waals surface area contributed by atoms with Crippen LogP contribution in [0.3, 0.4) is 0 Å². The molecule has 1 aromatic rings. The first kappa shape index (κ1) is 13.9. The fourth-order valence-electron chi connectivity index (χ4n) is 1.42. The zero-order valence-corrected chi connectivity index (χ0v) is 11.6. The van der Waals surface area contributed by atoms with E-state index in [9.17, 15) is 0 Å². The van der Waals surface area contributed by atoms with Gasteiger partial charge < -0.3 is 10.6 Å². The largest absolute Gasteiger partial charge is 0.358 e. The molecule has 4 heteroatoms. The Morgan fingerprint density at radius 1 is 1.29 bits per heavy atom. The predicted octanol–water partition coefficient (Wildman–Crippen LogP) is 2.16. The average molecular weight is 236 g/mol. The molecule has 1 aromatic heterocycles. The normalized spacial score (nSPS) is 11.9. The monoisotopic (exact) mass is 236 g/mol. The van der Waals surface area contributed by atoms with Crippen LogP contribution in [-0.4, -0.2) is 29.3 Å². The minimum Gasteiger partial charge on any atom is -0.358 e. The summed E-state index contributed by atoms with van der Waals surface area (Å²) in [6.45, 7) is 9.19. The molecular formula is C13H24N4. The Morgan fingerprint density at radius 2 is 1.94 bits per heavy atom. The fraction of sp³-hybridized carbons (Fsp3) is 0.692. The highest BCUT2D eigenvalue weighted by Crippen LogP contribution is 2.14. The molecule has 1 rings (SSSR count). The Labute approximate surface area is 104 Å². The summed E-state index contributed by atoms with van der Waals surface area (Å²) in [5, 5.41) is 8.46. The van der Waals surface area contributed by atoms with Crippen molar-refractivity contribution in [1.82, 2.24) is 10.2 Å². The second-order valence-corrected chi connectivity index (χ2v) is 5.63. The zero-order chi connectivity index (χ0) is 13.1. The molecule has 2 N–H and O–H groups in total. The number of nitrogens with zero attached hydrogens (tertiary/aromatic N) is 3. The fourth-order valence-corrected chi connectivity index (χ4v) is 1.42. The van der Waals surface area contributed by atoms with Crippen LogP contribution in [0, 0.1) is 0 Å². The van der Waals surface area contributed by atoms with Crippen LogP contribution in [-0.2, 0) is 0 Å². The summed E-state index contributed by atoms with van der Waals surface area (Å²) >= 11 is 0. The Hall–Kier alpha value is -1.16. The number of nitrogens with two attached hydrogens (primary N) is 1. The number of hydrogen-bond acceptors (Lipinski definition) is 4. The molecule has 96 valence electrons. The molecule has 4 nitrogen and oxygen atoms in total. The van der Waals surface area contributed by atoms with Crippen LogP contribution < -0.4 is 10.6 Å². The summed E-state index contributed by atoms with van der Waals surface area (Å²) in [6, 6.07) is 4.06. The van der Waals surface area contributed by atoms with Crippen LogP contribution in [0.4, 0.5) is 5.82 Å². The van der Waals surface area contributed by atoms with Crippen LogP contribution in [0.1, 0.15) is 45.7 Å². The van der Waals surface area contributed by atoms with Gasteiger partial charge in [0.2, 0.25) is 0 Å². The van der Waals surface area contributed by atoms with E-state index in [1.165, 1.54) is 0 Å². The first-order chi connectivity index (χ1) is 7.79. The molecule has 0 atom stereocenters. The maximum absolute atomic E-state index is 5.96. The number of rotatable bonds is 5. The Bertz CT molecular complexity index is 337. The van der Waals surface area contributed by atoms with Gasteiger partial charge in [0.15, 0.2) is 5.82 Å². The molecule has 17 heavy (non-hydrogen) atoms.